The standard InChI is InChI=1S/C11H14O2.2C9H10O2.C9H10/c1-4-5-9-6-7-10(12-2)11(8-9)13-3;1-2-4-7-5-3-6-8(10)9(7)11;1-2-3-7-4-5-8(10)9(11)6-7;1-2-6-9-7-4-3-5-8-9/h4-8H,1-3H3;2*2-6,10-11H,1H3;2-8H,1H3/b5-4+;4-2+;3-2+;6-2+. The predicted octanol–water partition coefficient (Wildman–Crippen LogP) is 9.72. The van der Waals surface area contributed by atoms with Crippen LogP contribution in [0.15, 0.2) is 109 Å². The maximum atomic E-state index is 9.23. The highest BCUT2D eigenvalue weighted by atomic mass is 16.5. The number of phenols is 4. The molecule has 0 aromatic heterocycles. The molecule has 6 nitrogen and oxygen atoms in total. The van der Waals surface area contributed by atoms with Gasteiger partial charge in [0.1, 0.15) is 0 Å². The molecular formula is C38H44O6. The van der Waals surface area contributed by atoms with E-state index in [1.165, 1.54) is 23.8 Å². The van der Waals surface area contributed by atoms with Crippen molar-refractivity contribution in [1.29, 1.82) is 0 Å². The molecule has 6 heteroatoms. The third-order valence-electron chi connectivity index (χ3n) is 5.68. The van der Waals surface area contributed by atoms with Gasteiger partial charge in [-0.3, -0.25) is 0 Å². The van der Waals surface area contributed by atoms with Gasteiger partial charge in [0.05, 0.1) is 14.2 Å². The molecule has 0 aliphatic heterocycles. The average Bonchev–Trinajstić information content (AvgIpc) is 3.03. The van der Waals surface area contributed by atoms with Gasteiger partial charge in [0.25, 0.3) is 0 Å². The summed E-state index contributed by atoms with van der Waals surface area (Å²) in [6.45, 7) is 7.75. The number of hydrogen-bond donors (Lipinski definition) is 4. The number of rotatable bonds is 6. The van der Waals surface area contributed by atoms with Crippen LogP contribution in [0.2, 0.25) is 0 Å². The number of benzene rings is 4. The van der Waals surface area contributed by atoms with Crippen LogP contribution in [0.25, 0.3) is 24.3 Å². The fourth-order valence-corrected chi connectivity index (χ4v) is 3.60. The second-order valence-electron chi connectivity index (χ2n) is 8.99. The minimum Gasteiger partial charge on any atom is -0.504 e. The summed E-state index contributed by atoms with van der Waals surface area (Å²) < 4.78 is 10.3. The number of allylic oxidation sites excluding steroid dienone is 4. The topological polar surface area (TPSA) is 99.4 Å². The second-order valence-corrected chi connectivity index (χ2v) is 8.99. The Kier molecular flexibility index (Phi) is 17.8. The van der Waals surface area contributed by atoms with Crippen LogP contribution in [-0.4, -0.2) is 34.6 Å². The molecule has 0 spiro atoms. The van der Waals surface area contributed by atoms with Crippen LogP contribution in [0.3, 0.4) is 0 Å². The van der Waals surface area contributed by atoms with Gasteiger partial charge in [-0.2, -0.15) is 0 Å². The second kappa shape index (κ2) is 21.4. The van der Waals surface area contributed by atoms with E-state index in [0.29, 0.717) is 5.56 Å². The molecule has 0 radical (unpaired) electrons. The number of para-hydroxylation sites is 1. The molecule has 0 aliphatic rings. The molecule has 4 aromatic carbocycles. The SMILES string of the molecule is C/C=C/c1ccc(O)c(O)c1.C/C=C/c1ccc(OC)c(OC)c1.C/C=C/c1cccc(O)c1O.C/C=C/c1ccccc1. The van der Waals surface area contributed by atoms with E-state index in [-0.39, 0.29) is 23.0 Å². The van der Waals surface area contributed by atoms with Crippen molar-refractivity contribution in [2.24, 2.45) is 0 Å². The third-order valence-corrected chi connectivity index (χ3v) is 5.68. The monoisotopic (exact) mass is 596 g/mol. The predicted molar refractivity (Wildman–Crippen MR) is 184 cm³/mol. The lowest BCUT2D eigenvalue weighted by molar-refractivity contribution is 0.355. The number of hydrogen-bond acceptors (Lipinski definition) is 6. The zero-order chi connectivity index (χ0) is 32.7. The van der Waals surface area contributed by atoms with Crippen LogP contribution in [0.5, 0.6) is 34.5 Å². The fraction of sp³-hybridized carbons (Fsp3) is 0.158. The van der Waals surface area contributed by atoms with Gasteiger partial charge in [0.15, 0.2) is 34.5 Å². The zero-order valence-electron chi connectivity index (χ0n) is 26.3. The highest BCUT2D eigenvalue weighted by molar-refractivity contribution is 5.61. The van der Waals surface area contributed by atoms with E-state index in [1.54, 1.807) is 44.6 Å². The van der Waals surface area contributed by atoms with Gasteiger partial charge in [-0.15, -0.1) is 0 Å². The van der Waals surface area contributed by atoms with Crippen molar-refractivity contribution in [3.05, 3.63) is 131 Å². The van der Waals surface area contributed by atoms with Crippen LogP contribution in [0, 0.1) is 0 Å². The molecule has 44 heavy (non-hydrogen) atoms. The van der Waals surface area contributed by atoms with Gasteiger partial charge in [-0.25, -0.2) is 0 Å². The summed E-state index contributed by atoms with van der Waals surface area (Å²) in [5.74, 6) is 1.21. The Hall–Kier alpha value is -5.36. The number of ether oxygens (including phenoxy) is 2. The van der Waals surface area contributed by atoms with Gasteiger partial charge >= 0.3 is 0 Å². The highest BCUT2D eigenvalue weighted by Gasteiger charge is 2.02. The first-order chi connectivity index (χ1) is 21.2. The Morgan fingerprint density at radius 2 is 1.00 bits per heavy atom. The molecule has 4 aromatic rings. The molecule has 0 unspecified atom stereocenters. The molecule has 0 aliphatic carbocycles. The minimum atomic E-state index is -0.0850. The molecule has 0 amide bonds. The summed E-state index contributed by atoms with van der Waals surface area (Å²) in [5, 5.41) is 36.3. The number of phenolic OH excluding ortho intramolecular Hbond substituents is 4. The van der Waals surface area contributed by atoms with Crippen LogP contribution in [0.4, 0.5) is 0 Å². The smallest absolute Gasteiger partial charge is 0.164 e. The number of aromatic hydroxyl groups is 4. The highest BCUT2D eigenvalue weighted by Crippen LogP contribution is 2.29. The molecule has 0 saturated heterocycles. The summed E-state index contributed by atoms with van der Waals surface area (Å²) in [7, 11) is 3.27. The Morgan fingerprint density at radius 1 is 0.455 bits per heavy atom. The quantitative estimate of drug-likeness (QED) is 0.165. The van der Waals surface area contributed by atoms with Gasteiger partial charge < -0.3 is 29.9 Å². The molecule has 0 fully saturated rings. The first-order valence-corrected chi connectivity index (χ1v) is 14.0. The van der Waals surface area contributed by atoms with E-state index < -0.39 is 0 Å². The molecule has 4 rings (SSSR count). The number of methoxy groups -OCH3 is 2. The molecule has 0 saturated carbocycles. The normalized spacial score (nSPS) is 10.5. The summed E-state index contributed by atoms with van der Waals surface area (Å²) in [6.07, 6.45) is 15.4. The van der Waals surface area contributed by atoms with Gasteiger partial charge in [0.2, 0.25) is 0 Å². The molecule has 0 heterocycles. The lowest BCUT2D eigenvalue weighted by Gasteiger charge is -2.07. The summed E-state index contributed by atoms with van der Waals surface area (Å²) in [4.78, 5) is 0. The van der Waals surface area contributed by atoms with E-state index in [0.717, 1.165) is 22.6 Å². The Labute approximate surface area is 261 Å². The lowest BCUT2D eigenvalue weighted by Crippen LogP contribution is -1.90. The van der Waals surface area contributed by atoms with E-state index in [1.807, 2.05) is 94.5 Å². The van der Waals surface area contributed by atoms with Gasteiger partial charge in [0, 0.05) is 5.56 Å². The summed E-state index contributed by atoms with van der Waals surface area (Å²) in [5.41, 5.74) is 3.88. The lowest BCUT2D eigenvalue weighted by atomic mass is 10.2. The maximum absolute atomic E-state index is 9.23. The van der Waals surface area contributed by atoms with Crippen molar-refractivity contribution in [2.75, 3.05) is 14.2 Å². The van der Waals surface area contributed by atoms with Crippen molar-refractivity contribution >= 4 is 24.3 Å². The van der Waals surface area contributed by atoms with E-state index in [2.05, 4.69) is 18.2 Å². The van der Waals surface area contributed by atoms with E-state index in [9.17, 15) is 5.11 Å². The van der Waals surface area contributed by atoms with Crippen molar-refractivity contribution < 1.29 is 29.9 Å². The fourth-order valence-electron chi connectivity index (χ4n) is 3.60. The minimum absolute atomic E-state index is 0.0643. The van der Waals surface area contributed by atoms with Crippen LogP contribution in [0.1, 0.15) is 49.9 Å². The Balaban J connectivity index is 0.000000295. The maximum Gasteiger partial charge on any atom is 0.164 e. The van der Waals surface area contributed by atoms with Crippen molar-refractivity contribution in [1.82, 2.24) is 0 Å². The summed E-state index contributed by atoms with van der Waals surface area (Å²) in [6, 6.07) is 25.7. The largest absolute Gasteiger partial charge is 0.504 e. The van der Waals surface area contributed by atoms with Crippen LogP contribution < -0.4 is 9.47 Å². The van der Waals surface area contributed by atoms with E-state index in [4.69, 9.17) is 24.8 Å². The van der Waals surface area contributed by atoms with Gasteiger partial charge in [-0.05, 0) is 74.7 Å². The van der Waals surface area contributed by atoms with Crippen LogP contribution in [-0.2, 0) is 0 Å². The Morgan fingerprint density at radius 3 is 1.55 bits per heavy atom. The van der Waals surface area contributed by atoms with Crippen molar-refractivity contribution in [3.8, 4) is 34.5 Å². The molecule has 4 N–H and O–H groups in total. The Bertz CT molecular complexity index is 1500. The molecular weight excluding hydrogens is 552 g/mol. The molecule has 0 bridgehead atoms. The first-order valence-electron chi connectivity index (χ1n) is 14.0. The third kappa shape index (κ3) is 13.5. The van der Waals surface area contributed by atoms with Gasteiger partial charge in [-0.1, -0.05) is 103 Å². The summed E-state index contributed by atoms with van der Waals surface area (Å²) >= 11 is 0. The van der Waals surface area contributed by atoms with E-state index >= 15 is 0 Å². The zero-order valence-corrected chi connectivity index (χ0v) is 26.3. The van der Waals surface area contributed by atoms with Crippen LogP contribution >= 0.6 is 0 Å². The van der Waals surface area contributed by atoms with Crippen molar-refractivity contribution in [2.45, 2.75) is 27.7 Å². The van der Waals surface area contributed by atoms with Crippen molar-refractivity contribution in [3.63, 3.8) is 0 Å². The first kappa shape index (κ1) is 36.7. The average molecular weight is 597 g/mol. The molecule has 232 valence electrons. The molecule has 0 atom stereocenters.